The molecule has 1 heterocycles. The first-order valence-electron chi connectivity index (χ1n) is 5.80. The number of halogens is 1. The van der Waals surface area contributed by atoms with E-state index in [1.807, 2.05) is 6.92 Å². The molecule has 2 aromatic rings. The van der Waals surface area contributed by atoms with Gasteiger partial charge in [-0.25, -0.2) is 9.78 Å². The zero-order valence-corrected chi connectivity index (χ0v) is 11.9. The third kappa shape index (κ3) is 3.35. The molecule has 0 amide bonds. The summed E-state index contributed by atoms with van der Waals surface area (Å²) in [7, 11) is 0. The highest BCUT2D eigenvalue weighted by atomic mass is 79.9. The van der Waals surface area contributed by atoms with Crippen LogP contribution in [0.15, 0.2) is 33.3 Å². The van der Waals surface area contributed by atoms with Crippen molar-refractivity contribution in [3.8, 4) is 0 Å². The average Bonchev–Trinajstić information content (AvgIpc) is 2.85. The van der Waals surface area contributed by atoms with Gasteiger partial charge in [-0.15, -0.1) is 0 Å². The van der Waals surface area contributed by atoms with E-state index in [1.54, 1.807) is 24.4 Å². The Morgan fingerprint density at radius 3 is 2.89 bits per heavy atom. The largest absolute Gasteiger partial charge is 0.478 e. The third-order valence-electron chi connectivity index (χ3n) is 2.60. The summed E-state index contributed by atoms with van der Waals surface area (Å²) in [6.07, 6.45) is 2.52. The normalized spacial score (nSPS) is 10.4. The number of benzene rings is 1. The first kappa shape index (κ1) is 13.6. The van der Waals surface area contributed by atoms with Crippen LogP contribution in [-0.4, -0.2) is 16.1 Å². The lowest BCUT2D eigenvalue weighted by molar-refractivity contribution is 0.0697. The molecule has 2 N–H and O–H groups in total. The molecule has 6 heteroatoms. The number of aryl methyl sites for hydroxylation is 1. The Balaban J connectivity index is 2.05. The second-order valence-electron chi connectivity index (χ2n) is 3.93. The molecule has 100 valence electrons. The maximum atomic E-state index is 10.8. The number of carboxylic acid groups (broad SMARTS) is 1. The summed E-state index contributed by atoms with van der Waals surface area (Å²) in [4.78, 5) is 15.0. The number of anilines is 1. The van der Waals surface area contributed by atoms with Crippen LogP contribution in [-0.2, 0) is 13.0 Å². The van der Waals surface area contributed by atoms with Gasteiger partial charge >= 0.3 is 5.97 Å². The highest BCUT2D eigenvalue weighted by Crippen LogP contribution is 2.24. The number of carbonyl (C=O) groups is 1. The molecule has 0 aliphatic rings. The number of nitrogens with zero attached hydrogens (tertiary/aromatic N) is 1. The van der Waals surface area contributed by atoms with Gasteiger partial charge in [-0.3, -0.25) is 0 Å². The highest BCUT2D eigenvalue weighted by Gasteiger charge is 2.08. The minimum atomic E-state index is -0.951. The number of aromatic nitrogens is 1. The third-order valence-corrected chi connectivity index (χ3v) is 3.25. The molecule has 1 aromatic carbocycles. The summed E-state index contributed by atoms with van der Waals surface area (Å²) < 4.78 is 6.16. The molecule has 0 spiro atoms. The van der Waals surface area contributed by atoms with E-state index in [2.05, 4.69) is 26.2 Å². The van der Waals surface area contributed by atoms with Crippen molar-refractivity contribution < 1.29 is 14.3 Å². The van der Waals surface area contributed by atoms with Crippen LogP contribution in [0.3, 0.4) is 0 Å². The van der Waals surface area contributed by atoms with Gasteiger partial charge in [0, 0.05) is 16.6 Å². The zero-order chi connectivity index (χ0) is 13.8. The van der Waals surface area contributed by atoms with Crippen molar-refractivity contribution in [1.82, 2.24) is 4.98 Å². The van der Waals surface area contributed by atoms with Gasteiger partial charge in [0.1, 0.15) is 5.76 Å². The number of oxazole rings is 1. The first-order chi connectivity index (χ1) is 9.10. The average molecular weight is 325 g/mol. The second-order valence-corrected chi connectivity index (χ2v) is 4.78. The summed E-state index contributed by atoms with van der Waals surface area (Å²) >= 11 is 3.33. The van der Waals surface area contributed by atoms with Crippen molar-refractivity contribution >= 4 is 27.6 Å². The van der Waals surface area contributed by atoms with E-state index in [9.17, 15) is 4.79 Å². The molecule has 0 bridgehead atoms. The molecule has 0 saturated carbocycles. The molecule has 19 heavy (non-hydrogen) atoms. The number of hydrogen-bond acceptors (Lipinski definition) is 4. The molecule has 0 fully saturated rings. The number of carboxylic acids is 1. The van der Waals surface area contributed by atoms with Gasteiger partial charge in [-0.05, 0) is 34.1 Å². The summed E-state index contributed by atoms with van der Waals surface area (Å²) in [5, 5.41) is 12.0. The van der Waals surface area contributed by atoms with E-state index in [1.165, 1.54) is 0 Å². The molecule has 0 radical (unpaired) electrons. The molecule has 1 aromatic heterocycles. The van der Waals surface area contributed by atoms with Crippen LogP contribution in [0.1, 0.15) is 28.9 Å². The van der Waals surface area contributed by atoms with E-state index >= 15 is 0 Å². The molecule has 0 aliphatic carbocycles. The molecular formula is C13H13BrN2O3. The Morgan fingerprint density at radius 2 is 2.32 bits per heavy atom. The summed E-state index contributed by atoms with van der Waals surface area (Å²) in [6, 6.07) is 4.80. The van der Waals surface area contributed by atoms with Crippen LogP contribution < -0.4 is 5.32 Å². The Morgan fingerprint density at radius 1 is 1.53 bits per heavy atom. The van der Waals surface area contributed by atoms with Crippen molar-refractivity contribution in [2.75, 3.05) is 5.32 Å². The van der Waals surface area contributed by atoms with Crippen LogP contribution in [0.4, 0.5) is 5.69 Å². The number of rotatable bonds is 5. The molecule has 0 saturated heterocycles. The predicted molar refractivity (Wildman–Crippen MR) is 74.3 cm³/mol. The van der Waals surface area contributed by atoms with E-state index < -0.39 is 5.97 Å². The highest BCUT2D eigenvalue weighted by molar-refractivity contribution is 9.10. The van der Waals surface area contributed by atoms with Crippen molar-refractivity contribution in [1.29, 1.82) is 0 Å². The summed E-state index contributed by atoms with van der Waals surface area (Å²) in [5.74, 6) is 0.496. The van der Waals surface area contributed by atoms with Crippen molar-refractivity contribution in [3.63, 3.8) is 0 Å². The van der Waals surface area contributed by atoms with Crippen molar-refractivity contribution in [2.24, 2.45) is 0 Å². The van der Waals surface area contributed by atoms with Crippen LogP contribution in [0.2, 0.25) is 0 Å². The number of nitrogens with one attached hydrogen (secondary N) is 1. The van der Waals surface area contributed by atoms with Gasteiger partial charge in [0.15, 0.2) is 0 Å². The molecule has 0 atom stereocenters. The molecule has 0 aliphatic heterocycles. The van der Waals surface area contributed by atoms with Crippen LogP contribution >= 0.6 is 15.9 Å². The van der Waals surface area contributed by atoms with Gasteiger partial charge in [0.05, 0.1) is 18.3 Å². The molecule has 5 nitrogen and oxygen atoms in total. The number of aromatic carboxylic acids is 1. The van der Waals surface area contributed by atoms with E-state index in [4.69, 9.17) is 9.52 Å². The molecule has 2 rings (SSSR count). The fourth-order valence-corrected chi connectivity index (χ4v) is 2.07. The lowest BCUT2D eigenvalue weighted by Crippen LogP contribution is -2.02. The minimum Gasteiger partial charge on any atom is -0.478 e. The fourth-order valence-electron chi connectivity index (χ4n) is 1.56. The molecular weight excluding hydrogens is 312 g/mol. The van der Waals surface area contributed by atoms with Crippen LogP contribution in [0.25, 0.3) is 0 Å². The van der Waals surface area contributed by atoms with Crippen LogP contribution in [0, 0.1) is 0 Å². The Labute approximate surface area is 118 Å². The minimum absolute atomic E-state index is 0.238. The smallest absolute Gasteiger partial charge is 0.335 e. The van der Waals surface area contributed by atoms with Gasteiger partial charge in [0.2, 0.25) is 5.89 Å². The topological polar surface area (TPSA) is 75.4 Å². The standard InChI is InChI=1S/C13H13BrN2O3/c1-2-9-6-16-12(19-9)7-15-11-4-3-8(13(17)18)5-10(11)14/h3-6,15H,2,7H2,1H3,(H,17,18). The molecule has 0 unspecified atom stereocenters. The van der Waals surface area contributed by atoms with Gasteiger partial charge < -0.3 is 14.8 Å². The van der Waals surface area contributed by atoms with E-state index in [-0.39, 0.29) is 5.56 Å². The maximum absolute atomic E-state index is 10.8. The van der Waals surface area contributed by atoms with Gasteiger partial charge in [0.25, 0.3) is 0 Å². The van der Waals surface area contributed by atoms with E-state index in [0.29, 0.717) is 16.9 Å². The predicted octanol–water partition coefficient (Wildman–Crippen LogP) is 3.31. The first-order valence-corrected chi connectivity index (χ1v) is 6.59. The van der Waals surface area contributed by atoms with Gasteiger partial charge in [-0.2, -0.15) is 0 Å². The lowest BCUT2D eigenvalue weighted by atomic mass is 10.2. The monoisotopic (exact) mass is 324 g/mol. The Hall–Kier alpha value is -1.82. The van der Waals surface area contributed by atoms with Crippen molar-refractivity contribution in [2.45, 2.75) is 19.9 Å². The second kappa shape index (κ2) is 5.88. The summed E-state index contributed by atoms with van der Waals surface area (Å²) in [6.45, 7) is 2.45. The Kier molecular flexibility index (Phi) is 4.21. The maximum Gasteiger partial charge on any atom is 0.335 e. The Bertz CT molecular complexity index is 595. The van der Waals surface area contributed by atoms with Crippen molar-refractivity contribution in [3.05, 3.63) is 46.1 Å². The number of hydrogen-bond donors (Lipinski definition) is 2. The SMILES string of the molecule is CCc1cnc(CNc2ccc(C(=O)O)cc2Br)o1. The zero-order valence-electron chi connectivity index (χ0n) is 10.3. The quantitative estimate of drug-likeness (QED) is 0.882. The lowest BCUT2D eigenvalue weighted by Gasteiger charge is -2.07. The fraction of sp³-hybridized carbons (Fsp3) is 0.231. The van der Waals surface area contributed by atoms with Gasteiger partial charge in [-0.1, -0.05) is 6.92 Å². The van der Waals surface area contributed by atoms with E-state index in [0.717, 1.165) is 17.9 Å². The summed E-state index contributed by atoms with van der Waals surface area (Å²) in [5.41, 5.74) is 1.03. The van der Waals surface area contributed by atoms with Crippen LogP contribution in [0.5, 0.6) is 0 Å².